The zero-order valence-corrected chi connectivity index (χ0v) is 14.1. The van der Waals surface area contributed by atoms with Gasteiger partial charge < -0.3 is 0 Å². The quantitative estimate of drug-likeness (QED) is 0.732. The average Bonchev–Trinajstić information content (AvgIpc) is 2.87. The van der Waals surface area contributed by atoms with Gasteiger partial charge in [-0.1, -0.05) is 11.3 Å². The van der Waals surface area contributed by atoms with Crippen molar-refractivity contribution in [2.45, 2.75) is 20.8 Å². The van der Waals surface area contributed by atoms with Gasteiger partial charge in [0.2, 0.25) is 0 Å². The molecule has 3 aromatic rings. The molecule has 1 amide bonds. The molecule has 0 aliphatic heterocycles. The number of carbonyl (C=O) groups excluding carboxylic acids is 2. The summed E-state index contributed by atoms with van der Waals surface area (Å²) >= 11 is 1.12. The van der Waals surface area contributed by atoms with Crippen LogP contribution < -0.4 is 5.32 Å². The predicted octanol–water partition coefficient (Wildman–Crippen LogP) is 3.90. The van der Waals surface area contributed by atoms with Gasteiger partial charge in [0.25, 0.3) is 5.91 Å². The van der Waals surface area contributed by atoms with Gasteiger partial charge in [0, 0.05) is 18.0 Å². The SMILES string of the molecule is CC(=O)c1sc(NC(=O)c2cc(C)nc3ccc(F)cc23)nc1C. The number of fused-ring (bicyclic) bond motifs is 1. The van der Waals surface area contributed by atoms with Crippen molar-refractivity contribution >= 4 is 39.1 Å². The number of nitrogens with zero attached hydrogens (tertiary/aromatic N) is 2. The molecule has 0 saturated heterocycles. The van der Waals surface area contributed by atoms with E-state index in [1.54, 1.807) is 19.9 Å². The third kappa shape index (κ3) is 3.03. The summed E-state index contributed by atoms with van der Waals surface area (Å²) in [6.45, 7) is 4.93. The fraction of sp³-hybridized carbons (Fsp3) is 0.176. The molecule has 0 fully saturated rings. The highest BCUT2D eigenvalue weighted by atomic mass is 32.1. The molecule has 24 heavy (non-hydrogen) atoms. The second kappa shape index (κ2) is 6.09. The maximum atomic E-state index is 13.5. The summed E-state index contributed by atoms with van der Waals surface area (Å²) in [5.74, 6) is -0.955. The van der Waals surface area contributed by atoms with Gasteiger partial charge in [0.1, 0.15) is 5.82 Å². The molecule has 7 heteroatoms. The molecule has 2 aromatic heterocycles. The Balaban J connectivity index is 2.01. The Kier molecular flexibility index (Phi) is 4.11. The van der Waals surface area contributed by atoms with E-state index in [-0.39, 0.29) is 5.78 Å². The van der Waals surface area contributed by atoms with Crippen LogP contribution >= 0.6 is 11.3 Å². The van der Waals surface area contributed by atoms with Crippen molar-refractivity contribution in [2.24, 2.45) is 0 Å². The maximum absolute atomic E-state index is 13.5. The van der Waals surface area contributed by atoms with E-state index < -0.39 is 11.7 Å². The number of rotatable bonds is 3. The number of carbonyl (C=O) groups is 2. The Labute approximate surface area is 141 Å². The molecule has 3 rings (SSSR count). The second-order valence-corrected chi connectivity index (χ2v) is 6.42. The van der Waals surface area contributed by atoms with E-state index in [9.17, 15) is 14.0 Å². The predicted molar refractivity (Wildman–Crippen MR) is 91.2 cm³/mol. The van der Waals surface area contributed by atoms with Crippen molar-refractivity contribution in [1.29, 1.82) is 0 Å². The summed E-state index contributed by atoms with van der Waals surface area (Å²) in [5.41, 5.74) is 2.08. The third-order valence-electron chi connectivity index (χ3n) is 3.48. The smallest absolute Gasteiger partial charge is 0.258 e. The van der Waals surface area contributed by atoms with Crippen molar-refractivity contribution in [3.63, 3.8) is 0 Å². The van der Waals surface area contributed by atoms with Gasteiger partial charge in [-0.3, -0.25) is 19.9 Å². The molecule has 0 aliphatic rings. The topological polar surface area (TPSA) is 72.0 Å². The van der Waals surface area contributed by atoms with Crippen LogP contribution in [0, 0.1) is 19.7 Å². The van der Waals surface area contributed by atoms with Crippen molar-refractivity contribution in [3.8, 4) is 0 Å². The summed E-state index contributed by atoms with van der Waals surface area (Å²) in [4.78, 5) is 33.1. The van der Waals surface area contributed by atoms with E-state index in [1.165, 1.54) is 25.1 Å². The van der Waals surface area contributed by atoms with Crippen LogP contribution in [0.25, 0.3) is 10.9 Å². The zero-order chi connectivity index (χ0) is 17.4. The van der Waals surface area contributed by atoms with Crippen LogP contribution in [0.2, 0.25) is 0 Å². The molecule has 1 aromatic carbocycles. The molecule has 0 aliphatic carbocycles. The van der Waals surface area contributed by atoms with Crippen molar-refractivity contribution < 1.29 is 14.0 Å². The lowest BCUT2D eigenvalue weighted by atomic mass is 10.1. The van der Waals surface area contributed by atoms with E-state index in [1.807, 2.05) is 0 Å². The van der Waals surface area contributed by atoms with E-state index in [0.717, 1.165) is 11.3 Å². The maximum Gasteiger partial charge on any atom is 0.258 e. The first-order valence-electron chi connectivity index (χ1n) is 7.22. The minimum Gasteiger partial charge on any atom is -0.298 e. The number of nitrogens with one attached hydrogen (secondary N) is 1. The molecule has 2 heterocycles. The minimum absolute atomic E-state index is 0.0993. The number of thiazole rings is 1. The minimum atomic E-state index is -0.439. The number of benzene rings is 1. The molecule has 0 atom stereocenters. The van der Waals surface area contributed by atoms with Gasteiger partial charge >= 0.3 is 0 Å². The Morgan fingerprint density at radius 1 is 1.17 bits per heavy atom. The molecule has 1 N–H and O–H groups in total. The molecule has 0 saturated carbocycles. The monoisotopic (exact) mass is 343 g/mol. The van der Waals surface area contributed by atoms with Gasteiger partial charge in [-0.15, -0.1) is 0 Å². The highest BCUT2D eigenvalue weighted by Crippen LogP contribution is 2.25. The van der Waals surface area contributed by atoms with E-state index in [0.29, 0.717) is 37.9 Å². The van der Waals surface area contributed by atoms with Gasteiger partial charge in [0.15, 0.2) is 10.9 Å². The van der Waals surface area contributed by atoms with Crippen LogP contribution in [-0.4, -0.2) is 21.7 Å². The normalized spacial score (nSPS) is 10.8. The van der Waals surface area contributed by atoms with E-state index in [4.69, 9.17) is 0 Å². The molecule has 0 bridgehead atoms. The van der Waals surface area contributed by atoms with Crippen LogP contribution in [0.1, 0.15) is 38.3 Å². The summed E-state index contributed by atoms with van der Waals surface area (Å²) < 4.78 is 13.5. The summed E-state index contributed by atoms with van der Waals surface area (Å²) in [7, 11) is 0. The fourth-order valence-electron chi connectivity index (χ4n) is 2.46. The van der Waals surface area contributed by atoms with E-state index >= 15 is 0 Å². The number of aromatic nitrogens is 2. The number of amides is 1. The lowest BCUT2D eigenvalue weighted by molar-refractivity contribution is 0.101. The first-order chi connectivity index (χ1) is 11.3. The largest absolute Gasteiger partial charge is 0.298 e. The number of Topliss-reactive ketones (excluding diaryl/α,β-unsaturated/α-hetero) is 1. The standard InChI is InChI=1S/C17H14FN3O2S/c1-8-6-13(12-7-11(18)4-5-14(12)19-8)16(23)21-17-20-9(2)15(24-17)10(3)22/h4-7H,1-3H3,(H,20,21,23). The van der Waals surface area contributed by atoms with Gasteiger partial charge in [-0.25, -0.2) is 9.37 Å². The molecular formula is C17H14FN3O2S. The second-order valence-electron chi connectivity index (χ2n) is 5.42. The Morgan fingerprint density at radius 2 is 1.92 bits per heavy atom. The number of hydrogen-bond acceptors (Lipinski definition) is 5. The van der Waals surface area contributed by atoms with Crippen molar-refractivity contribution in [1.82, 2.24) is 9.97 Å². The van der Waals surface area contributed by atoms with Gasteiger partial charge in [-0.2, -0.15) is 0 Å². The van der Waals surface area contributed by atoms with Crippen LogP contribution in [0.5, 0.6) is 0 Å². The molecule has 5 nitrogen and oxygen atoms in total. The highest BCUT2D eigenvalue weighted by Gasteiger charge is 2.17. The Hall–Kier alpha value is -2.67. The number of aryl methyl sites for hydroxylation is 2. The van der Waals surface area contributed by atoms with Crippen LogP contribution in [0.4, 0.5) is 9.52 Å². The lowest BCUT2D eigenvalue weighted by Gasteiger charge is -2.07. The lowest BCUT2D eigenvalue weighted by Crippen LogP contribution is -2.13. The Bertz CT molecular complexity index is 981. The summed E-state index contributed by atoms with van der Waals surface area (Å²) in [5, 5.41) is 3.44. The van der Waals surface area contributed by atoms with Crippen LogP contribution in [0.3, 0.4) is 0 Å². The van der Waals surface area contributed by atoms with E-state index in [2.05, 4.69) is 15.3 Å². The number of ketones is 1. The van der Waals surface area contributed by atoms with Crippen molar-refractivity contribution in [3.05, 3.63) is 51.9 Å². The zero-order valence-electron chi connectivity index (χ0n) is 13.3. The highest BCUT2D eigenvalue weighted by molar-refractivity contribution is 7.17. The average molecular weight is 343 g/mol. The van der Waals surface area contributed by atoms with Crippen molar-refractivity contribution in [2.75, 3.05) is 5.32 Å². The first kappa shape index (κ1) is 16.2. The Morgan fingerprint density at radius 3 is 2.58 bits per heavy atom. The fourth-order valence-corrected chi connectivity index (χ4v) is 3.32. The summed E-state index contributed by atoms with van der Waals surface area (Å²) in [6.07, 6.45) is 0. The number of pyridine rings is 1. The van der Waals surface area contributed by atoms with Crippen LogP contribution in [0.15, 0.2) is 24.3 Å². The summed E-state index contributed by atoms with van der Waals surface area (Å²) in [6, 6.07) is 5.73. The first-order valence-corrected chi connectivity index (χ1v) is 8.03. The third-order valence-corrected chi connectivity index (χ3v) is 4.65. The number of halogens is 1. The molecule has 0 unspecified atom stereocenters. The molecular weight excluding hydrogens is 329 g/mol. The van der Waals surface area contributed by atoms with Gasteiger partial charge in [0.05, 0.1) is 21.7 Å². The van der Waals surface area contributed by atoms with Gasteiger partial charge in [-0.05, 0) is 38.1 Å². The number of hydrogen-bond donors (Lipinski definition) is 1. The molecule has 122 valence electrons. The number of anilines is 1. The van der Waals surface area contributed by atoms with Crippen LogP contribution in [-0.2, 0) is 0 Å². The molecule has 0 spiro atoms. The molecule has 0 radical (unpaired) electrons.